The van der Waals surface area contributed by atoms with Crippen molar-refractivity contribution in [1.82, 2.24) is 15.0 Å². The lowest BCUT2D eigenvalue weighted by Crippen LogP contribution is -2.00. The molecule has 0 aliphatic rings. The molecule has 7 aromatic rings. The van der Waals surface area contributed by atoms with Gasteiger partial charge in [0.25, 0.3) is 0 Å². The predicted molar refractivity (Wildman–Crippen MR) is 157 cm³/mol. The average Bonchev–Trinajstić information content (AvgIpc) is 3.01. The highest BCUT2D eigenvalue weighted by molar-refractivity contribution is 6.06. The molecule has 0 radical (unpaired) electrons. The summed E-state index contributed by atoms with van der Waals surface area (Å²) >= 11 is 0. The molecule has 0 bridgehead atoms. The summed E-state index contributed by atoms with van der Waals surface area (Å²) in [6.07, 6.45) is 0. The summed E-state index contributed by atoms with van der Waals surface area (Å²) in [6, 6.07) is 48.1. The molecule has 0 unspecified atom stereocenters. The van der Waals surface area contributed by atoms with Gasteiger partial charge in [0.1, 0.15) is 0 Å². The second-order valence-electron chi connectivity index (χ2n) is 9.31. The largest absolute Gasteiger partial charge is 0.208 e. The highest BCUT2D eigenvalue weighted by Gasteiger charge is 2.16. The number of hydrogen-bond acceptors (Lipinski definition) is 3. The normalized spacial score (nSPS) is 11.2. The van der Waals surface area contributed by atoms with Crippen LogP contribution >= 0.6 is 0 Å². The van der Waals surface area contributed by atoms with Gasteiger partial charge in [-0.25, -0.2) is 15.0 Å². The van der Waals surface area contributed by atoms with Crippen molar-refractivity contribution >= 4 is 21.5 Å². The van der Waals surface area contributed by atoms with E-state index in [4.69, 9.17) is 15.0 Å². The number of rotatable bonds is 4. The molecule has 0 aliphatic carbocycles. The van der Waals surface area contributed by atoms with Gasteiger partial charge < -0.3 is 0 Å². The average molecular weight is 486 g/mol. The molecule has 0 N–H and O–H groups in total. The lowest BCUT2D eigenvalue weighted by atomic mass is 9.93. The van der Waals surface area contributed by atoms with Crippen LogP contribution in [0.2, 0.25) is 0 Å². The fourth-order valence-electron chi connectivity index (χ4n) is 5.05. The van der Waals surface area contributed by atoms with Crippen LogP contribution in [-0.4, -0.2) is 15.0 Å². The quantitative estimate of drug-likeness (QED) is 0.250. The van der Waals surface area contributed by atoms with Crippen LogP contribution in [0.25, 0.3) is 66.8 Å². The summed E-state index contributed by atoms with van der Waals surface area (Å²) in [4.78, 5) is 14.9. The van der Waals surface area contributed by atoms with Gasteiger partial charge in [0, 0.05) is 22.1 Å². The van der Waals surface area contributed by atoms with E-state index < -0.39 is 0 Å². The summed E-state index contributed by atoms with van der Waals surface area (Å²) in [5.41, 5.74) is 5.24. The van der Waals surface area contributed by atoms with Crippen molar-refractivity contribution in [2.75, 3.05) is 0 Å². The van der Waals surface area contributed by atoms with Gasteiger partial charge in [0.2, 0.25) is 0 Å². The minimum absolute atomic E-state index is 0.662. The van der Waals surface area contributed by atoms with Crippen molar-refractivity contribution in [3.63, 3.8) is 0 Å². The maximum absolute atomic E-state index is 5.01. The number of fused-ring (bicyclic) bond motifs is 2. The van der Waals surface area contributed by atoms with E-state index in [0.29, 0.717) is 17.5 Å². The van der Waals surface area contributed by atoms with Gasteiger partial charge in [-0.05, 0) is 33.4 Å². The smallest absolute Gasteiger partial charge is 0.164 e. The number of benzene rings is 6. The van der Waals surface area contributed by atoms with E-state index in [1.54, 1.807) is 0 Å². The molecule has 0 spiro atoms. The Morgan fingerprint density at radius 1 is 0.316 bits per heavy atom. The molecule has 178 valence electrons. The third-order valence-electron chi connectivity index (χ3n) is 6.91. The van der Waals surface area contributed by atoms with E-state index in [9.17, 15) is 0 Å². The summed E-state index contributed by atoms with van der Waals surface area (Å²) < 4.78 is 0. The van der Waals surface area contributed by atoms with E-state index in [-0.39, 0.29) is 0 Å². The molecule has 3 nitrogen and oxygen atoms in total. The second kappa shape index (κ2) is 9.38. The van der Waals surface area contributed by atoms with Gasteiger partial charge in [0.15, 0.2) is 17.5 Å². The zero-order chi connectivity index (χ0) is 25.3. The van der Waals surface area contributed by atoms with E-state index >= 15 is 0 Å². The Morgan fingerprint density at radius 3 is 1.50 bits per heavy atom. The molecule has 0 saturated carbocycles. The Labute approximate surface area is 221 Å². The first kappa shape index (κ1) is 22.1. The van der Waals surface area contributed by atoms with Crippen molar-refractivity contribution < 1.29 is 0 Å². The highest BCUT2D eigenvalue weighted by atomic mass is 15.0. The van der Waals surface area contributed by atoms with Crippen molar-refractivity contribution in [2.24, 2.45) is 0 Å². The van der Waals surface area contributed by atoms with Crippen molar-refractivity contribution in [3.8, 4) is 45.3 Å². The van der Waals surface area contributed by atoms with E-state index in [1.165, 1.54) is 16.3 Å². The molecule has 0 atom stereocenters. The lowest BCUT2D eigenvalue weighted by molar-refractivity contribution is 1.08. The molecule has 0 fully saturated rings. The summed E-state index contributed by atoms with van der Waals surface area (Å²) in [5, 5.41) is 4.73. The molecule has 0 amide bonds. The minimum Gasteiger partial charge on any atom is -0.208 e. The number of nitrogens with zero attached hydrogens (tertiary/aromatic N) is 3. The van der Waals surface area contributed by atoms with Crippen LogP contribution in [0.4, 0.5) is 0 Å². The zero-order valence-electron chi connectivity index (χ0n) is 20.6. The van der Waals surface area contributed by atoms with Crippen LogP contribution in [0.1, 0.15) is 0 Å². The van der Waals surface area contributed by atoms with E-state index in [2.05, 4.69) is 78.9 Å². The van der Waals surface area contributed by atoms with E-state index in [0.717, 1.165) is 33.0 Å². The van der Waals surface area contributed by atoms with Crippen LogP contribution in [0.15, 0.2) is 140 Å². The van der Waals surface area contributed by atoms with Crippen molar-refractivity contribution in [1.29, 1.82) is 0 Å². The Hall–Kier alpha value is -5.15. The molecule has 0 saturated heterocycles. The number of aromatic nitrogens is 3. The molecule has 3 heteroatoms. The first-order valence-electron chi connectivity index (χ1n) is 12.7. The molecular formula is C35H23N3. The standard InChI is InChI=1S/C35H23N3/c1-3-12-26(13-4-1)33-36-34(27-14-5-2-6-15-27)38-35(37-33)31-20-10-18-25-17-9-19-30(32(25)31)29-22-21-24-11-7-8-16-28(24)23-29/h1-23H. The summed E-state index contributed by atoms with van der Waals surface area (Å²) in [5.74, 6) is 1.99. The van der Waals surface area contributed by atoms with Crippen LogP contribution in [0.5, 0.6) is 0 Å². The lowest BCUT2D eigenvalue weighted by Gasteiger charge is -2.14. The van der Waals surface area contributed by atoms with Crippen LogP contribution in [0.3, 0.4) is 0 Å². The molecule has 0 aliphatic heterocycles. The molecule has 1 heterocycles. The molecule has 6 aromatic carbocycles. The predicted octanol–water partition coefficient (Wildman–Crippen LogP) is 8.85. The maximum atomic E-state index is 5.01. The SMILES string of the molecule is c1ccc(-c2nc(-c3ccccc3)nc(-c3cccc4cccc(-c5ccc6ccccc6c5)c34)n2)cc1. The Kier molecular flexibility index (Phi) is 5.45. The topological polar surface area (TPSA) is 38.7 Å². The Balaban J connectivity index is 1.49. The van der Waals surface area contributed by atoms with Crippen molar-refractivity contribution in [2.45, 2.75) is 0 Å². The summed E-state index contributed by atoms with van der Waals surface area (Å²) in [6.45, 7) is 0. The Morgan fingerprint density at radius 2 is 0.842 bits per heavy atom. The number of hydrogen-bond donors (Lipinski definition) is 0. The highest BCUT2D eigenvalue weighted by Crippen LogP contribution is 2.37. The first-order valence-corrected chi connectivity index (χ1v) is 12.7. The van der Waals surface area contributed by atoms with Crippen LogP contribution < -0.4 is 0 Å². The monoisotopic (exact) mass is 485 g/mol. The van der Waals surface area contributed by atoms with Gasteiger partial charge in [-0.2, -0.15) is 0 Å². The van der Waals surface area contributed by atoms with Gasteiger partial charge >= 0.3 is 0 Å². The maximum Gasteiger partial charge on any atom is 0.164 e. The van der Waals surface area contributed by atoms with Gasteiger partial charge in [-0.3, -0.25) is 0 Å². The molecule has 38 heavy (non-hydrogen) atoms. The fraction of sp³-hybridized carbons (Fsp3) is 0. The minimum atomic E-state index is 0.662. The molecular weight excluding hydrogens is 462 g/mol. The summed E-state index contributed by atoms with van der Waals surface area (Å²) in [7, 11) is 0. The van der Waals surface area contributed by atoms with Gasteiger partial charge in [-0.15, -0.1) is 0 Å². The van der Waals surface area contributed by atoms with Gasteiger partial charge in [-0.1, -0.05) is 133 Å². The van der Waals surface area contributed by atoms with Crippen LogP contribution in [0, 0.1) is 0 Å². The third-order valence-corrected chi connectivity index (χ3v) is 6.91. The fourth-order valence-corrected chi connectivity index (χ4v) is 5.05. The molecule has 1 aromatic heterocycles. The second-order valence-corrected chi connectivity index (χ2v) is 9.31. The molecule has 7 rings (SSSR count). The van der Waals surface area contributed by atoms with Gasteiger partial charge in [0.05, 0.1) is 0 Å². The first-order chi connectivity index (χ1) is 18.8. The van der Waals surface area contributed by atoms with Crippen molar-refractivity contribution in [3.05, 3.63) is 140 Å². The zero-order valence-corrected chi connectivity index (χ0v) is 20.6. The Bertz CT molecular complexity index is 1850. The van der Waals surface area contributed by atoms with Crippen LogP contribution in [-0.2, 0) is 0 Å². The third kappa shape index (κ3) is 4.00. The van der Waals surface area contributed by atoms with E-state index in [1.807, 2.05) is 60.7 Å².